The molecule has 3 rings (SSSR count). The van der Waals surface area contributed by atoms with Crippen molar-refractivity contribution in [1.82, 2.24) is 15.5 Å². The second-order valence-corrected chi connectivity index (χ2v) is 7.43. The van der Waals surface area contributed by atoms with E-state index in [0.29, 0.717) is 0 Å². The van der Waals surface area contributed by atoms with Gasteiger partial charge in [-0.15, -0.1) is 0 Å². The lowest BCUT2D eigenvalue weighted by atomic mass is 9.79. The van der Waals surface area contributed by atoms with Gasteiger partial charge >= 0.3 is 0 Å². The zero-order chi connectivity index (χ0) is 18.1. The van der Waals surface area contributed by atoms with Gasteiger partial charge < -0.3 is 15.4 Å². The summed E-state index contributed by atoms with van der Waals surface area (Å²) in [5.41, 5.74) is 1.67. The molecule has 1 aromatic rings. The molecule has 2 N–H and O–H groups in total. The number of ether oxygens (including phenoxy) is 1. The number of nitrogens with one attached hydrogen (secondary N) is 2. The highest BCUT2D eigenvalue weighted by atomic mass is 16.5. The van der Waals surface area contributed by atoms with E-state index >= 15 is 0 Å². The molecule has 0 unspecified atom stereocenters. The summed E-state index contributed by atoms with van der Waals surface area (Å²) in [6.07, 6.45) is 5.11. The number of morpholine rings is 1. The highest BCUT2D eigenvalue weighted by Crippen LogP contribution is 2.41. The van der Waals surface area contributed by atoms with Crippen molar-refractivity contribution in [3.8, 4) is 0 Å². The second-order valence-electron chi connectivity index (χ2n) is 7.43. The minimum atomic E-state index is 0.216. The van der Waals surface area contributed by atoms with Crippen LogP contribution >= 0.6 is 0 Å². The zero-order valence-electron chi connectivity index (χ0n) is 16.2. The summed E-state index contributed by atoms with van der Waals surface area (Å²) in [5.74, 6) is 0.947. The van der Waals surface area contributed by atoms with Gasteiger partial charge in [-0.3, -0.25) is 9.89 Å². The zero-order valence-corrected chi connectivity index (χ0v) is 16.2. The van der Waals surface area contributed by atoms with Crippen LogP contribution in [0.3, 0.4) is 0 Å². The van der Waals surface area contributed by atoms with Crippen LogP contribution in [0.2, 0.25) is 0 Å². The van der Waals surface area contributed by atoms with E-state index in [0.717, 1.165) is 58.4 Å². The van der Waals surface area contributed by atoms with E-state index in [1.54, 1.807) is 0 Å². The Balaban J connectivity index is 1.58. The van der Waals surface area contributed by atoms with Crippen LogP contribution in [0.4, 0.5) is 0 Å². The highest BCUT2D eigenvalue weighted by Gasteiger charge is 2.35. The molecule has 1 aliphatic carbocycles. The van der Waals surface area contributed by atoms with Gasteiger partial charge in [-0.2, -0.15) is 0 Å². The van der Waals surface area contributed by atoms with Crippen molar-refractivity contribution in [3.63, 3.8) is 0 Å². The number of hydrogen-bond donors (Lipinski definition) is 2. The van der Waals surface area contributed by atoms with Crippen LogP contribution < -0.4 is 10.6 Å². The van der Waals surface area contributed by atoms with E-state index in [1.165, 1.54) is 31.2 Å². The summed E-state index contributed by atoms with van der Waals surface area (Å²) < 4.78 is 5.42. The van der Waals surface area contributed by atoms with Crippen LogP contribution in [0.25, 0.3) is 0 Å². The molecule has 0 bridgehead atoms. The Morgan fingerprint density at radius 2 is 1.85 bits per heavy atom. The monoisotopic (exact) mass is 358 g/mol. The molecule has 0 radical (unpaired) electrons. The maximum absolute atomic E-state index is 5.42. The van der Waals surface area contributed by atoms with Crippen LogP contribution in [-0.4, -0.2) is 63.3 Å². The number of hydrogen-bond acceptors (Lipinski definition) is 3. The second kappa shape index (κ2) is 9.93. The van der Waals surface area contributed by atoms with Crippen LogP contribution in [0.5, 0.6) is 0 Å². The molecule has 0 spiro atoms. The molecule has 5 heteroatoms. The van der Waals surface area contributed by atoms with Crippen molar-refractivity contribution in [3.05, 3.63) is 35.9 Å². The van der Waals surface area contributed by atoms with Gasteiger partial charge in [-0.25, -0.2) is 0 Å². The lowest BCUT2D eigenvalue weighted by Gasteiger charge is -2.29. The standard InChI is InChI=1S/C21H34N4O/c1-2-22-20(23-12-13-25-14-16-26-17-15-25)24-18-21(10-6-7-11-21)19-8-4-3-5-9-19/h3-5,8-9H,2,6-7,10-18H2,1H3,(H2,22,23,24). The fourth-order valence-corrected chi connectivity index (χ4v) is 4.11. The SMILES string of the molecule is CCNC(=NCC1(c2ccccc2)CCCC1)NCCN1CCOCC1. The molecule has 0 atom stereocenters. The van der Waals surface area contributed by atoms with Crippen molar-refractivity contribution >= 4 is 5.96 Å². The maximum atomic E-state index is 5.42. The molecule has 144 valence electrons. The van der Waals surface area contributed by atoms with E-state index in [2.05, 4.69) is 52.8 Å². The molecule has 26 heavy (non-hydrogen) atoms. The minimum Gasteiger partial charge on any atom is -0.379 e. The Kier molecular flexibility index (Phi) is 7.32. The third kappa shape index (κ3) is 5.21. The molecular formula is C21H34N4O. The predicted octanol–water partition coefficient (Wildman–Crippen LogP) is 2.39. The van der Waals surface area contributed by atoms with Crippen molar-refractivity contribution in [2.75, 3.05) is 52.5 Å². The summed E-state index contributed by atoms with van der Waals surface area (Å²) >= 11 is 0. The first kappa shape index (κ1) is 19.2. The molecular weight excluding hydrogens is 324 g/mol. The first-order valence-corrected chi connectivity index (χ1v) is 10.2. The first-order chi connectivity index (χ1) is 12.8. The van der Waals surface area contributed by atoms with Crippen molar-refractivity contribution in [1.29, 1.82) is 0 Å². The number of guanidine groups is 1. The molecule has 1 saturated heterocycles. The number of rotatable bonds is 7. The normalized spacial score (nSPS) is 20.9. The molecule has 1 aliphatic heterocycles. The van der Waals surface area contributed by atoms with Gasteiger partial charge in [0.05, 0.1) is 19.8 Å². The van der Waals surface area contributed by atoms with Crippen LogP contribution in [0.15, 0.2) is 35.3 Å². The lowest BCUT2D eigenvalue weighted by Crippen LogP contribution is -2.44. The van der Waals surface area contributed by atoms with Gasteiger partial charge in [-0.05, 0) is 25.3 Å². The molecule has 2 aliphatic rings. The van der Waals surface area contributed by atoms with E-state index in [-0.39, 0.29) is 5.41 Å². The fourth-order valence-electron chi connectivity index (χ4n) is 4.11. The Morgan fingerprint density at radius 1 is 1.12 bits per heavy atom. The number of nitrogens with zero attached hydrogens (tertiary/aromatic N) is 2. The van der Waals surface area contributed by atoms with Gasteiger partial charge in [0.15, 0.2) is 5.96 Å². The average molecular weight is 359 g/mol. The molecule has 5 nitrogen and oxygen atoms in total. The highest BCUT2D eigenvalue weighted by molar-refractivity contribution is 5.79. The molecule has 1 saturated carbocycles. The van der Waals surface area contributed by atoms with Crippen LogP contribution in [0.1, 0.15) is 38.2 Å². The smallest absolute Gasteiger partial charge is 0.191 e. The van der Waals surface area contributed by atoms with Crippen molar-refractivity contribution in [2.24, 2.45) is 4.99 Å². The molecule has 2 fully saturated rings. The largest absolute Gasteiger partial charge is 0.379 e. The van der Waals surface area contributed by atoms with Crippen molar-refractivity contribution in [2.45, 2.75) is 38.0 Å². The Hall–Kier alpha value is -1.59. The summed E-state index contributed by atoms with van der Waals surface area (Å²) in [6, 6.07) is 11.0. The third-order valence-electron chi connectivity index (χ3n) is 5.66. The number of benzene rings is 1. The number of aliphatic imine (C=N–C) groups is 1. The Morgan fingerprint density at radius 3 is 2.54 bits per heavy atom. The lowest BCUT2D eigenvalue weighted by molar-refractivity contribution is 0.0389. The van der Waals surface area contributed by atoms with Crippen molar-refractivity contribution < 1.29 is 4.74 Å². The molecule has 0 amide bonds. The Bertz CT molecular complexity index is 548. The fraction of sp³-hybridized carbons (Fsp3) is 0.667. The quantitative estimate of drug-likeness (QED) is 0.580. The Labute approximate surface area is 158 Å². The molecule has 0 aromatic heterocycles. The molecule has 1 aromatic carbocycles. The van der Waals surface area contributed by atoms with E-state index in [1.807, 2.05) is 0 Å². The summed E-state index contributed by atoms with van der Waals surface area (Å²) in [4.78, 5) is 7.42. The predicted molar refractivity (Wildman–Crippen MR) is 108 cm³/mol. The van der Waals surface area contributed by atoms with Crippen LogP contribution in [-0.2, 0) is 10.2 Å². The average Bonchev–Trinajstić information content (AvgIpc) is 3.18. The van der Waals surface area contributed by atoms with Gasteiger partial charge in [-0.1, -0.05) is 43.2 Å². The minimum absolute atomic E-state index is 0.216. The first-order valence-electron chi connectivity index (χ1n) is 10.2. The van der Waals surface area contributed by atoms with Gasteiger partial charge in [0, 0.05) is 38.1 Å². The molecule has 1 heterocycles. The van der Waals surface area contributed by atoms with E-state index in [9.17, 15) is 0 Å². The topological polar surface area (TPSA) is 48.9 Å². The van der Waals surface area contributed by atoms with Gasteiger partial charge in [0.2, 0.25) is 0 Å². The van der Waals surface area contributed by atoms with E-state index < -0.39 is 0 Å². The van der Waals surface area contributed by atoms with Gasteiger partial charge in [0.1, 0.15) is 0 Å². The van der Waals surface area contributed by atoms with E-state index in [4.69, 9.17) is 9.73 Å². The summed E-state index contributed by atoms with van der Waals surface area (Å²) in [5, 5.41) is 6.93. The van der Waals surface area contributed by atoms with Gasteiger partial charge in [0.25, 0.3) is 0 Å². The van der Waals surface area contributed by atoms with Crippen LogP contribution in [0, 0.1) is 0 Å². The summed E-state index contributed by atoms with van der Waals surface area (Å²) in [6.45, 7) is 9.62. The maximum Gasteiger partial charge on any atom is 0.191 e. The third-order valence-corrected chi connectivity index (χ3v) is 5.66. The summed E-state index contributed by atoms with van der Waals surface area (Å²) in [7, 11) is 0.